The summed E-state index contributed by atoms with van der Waals surface area (Å²) in [4.78, 5) is 16.0. The highest BCUT2D eigenvalue weighted by atomic mass is 35.5. The van der Waals surface area contributed by atoms with Crippen LogP contribution in [0.15, 0.2) is 23.6 Å². The van der Waals surface area contributed by atoms with E-state index in [0.29, 0.717) is 20.9 Å². The molecule has 1 unspecified atom stereocenters. The predicted molar refractivity (Wildman–Crippen MR) is 83.3 cm³/mol. The number of amides is 1. The number of benzene rings is 1. The van der Waals surface area contributed by atoms with Crippen molar-refractivity contribution in [3.63, 3.8) is 0 Å². The fourth-order valence-corrected chi connectivity index (χ4v) is 2.60. The molecule has 106 valence electrons. The number of rotatable bonds is 4. The van der Waals surface area contributed by atoms with Gasteiger partial charge in [0.2, 0.25) is 5.91 Å². The number of carbonyl (C=O) groups excluding carboxylic acids is 1. The van der Waals surface area contributed by atoms with E-state index >= 15 is 0 Å². The lowest BCUT2D eigenvalue weighted by atomic mass is 10.1. The summed E-state index contributed by atoms with van der Waals surface area (Å²) in [5.74, 6) is -0.117. The van der Waals surface area contributed by atoms with Crippen LogP contribution in [0.25, 0.3) is 0 Å². The first-order valence-corrected chi connectivity index (χ1v) is 7.53. The van der Waals surface area contributed by atoms with Crippen LogP contribution in [0.1, 0.15) is 24.2 Å². The molecule has 1 heterocycles. The third kappa shape index (κ3) is 3.85. The first kappa shape index (κ1) is 15.1. The van der Waals surface area contributed by atoms with Crippen molar-refractivity contribution in [1.82, 2.24) is 10.3 Å². The minimum atomic E-state index is -0.159. The number of aromatic nitrogens is 1. The lowest BCUT2D eigenvalue weighted by Gasteiger charge is -2.14. The molecule has 1 amide bonds. The number of nitrogens with one attached hydrogen (secondary N) is 1. The fourth-order valence-electron chi connectivity index (χ4n) is 1.73. The van der Waals surface area contributed by atoms with Crippen molar-refractivity contribution < 1.29 is 4.79 Å². The maximum absolute atomic E-state index is 11.9. The first-order chi connectivity index (χ1) is 9.45. The van der Waals surface area contributed by atoms with E-state index in [-0.39, 0.29) is 18.4 Å². The van der Waals surface area contributed by atoms with Crippen LogP contribution in [-0.4, -0.2) is 10.9 Å². The van der Waals surface area contributed by atoms with Crippen molar-refractivity contribution in [2.75, 3.05) is 5.73 Å². The maximum atomic E-state index is 11.9. The van der Waals surface area contributed by atoms with Gasteiger partial charge >= 0.3 is 0 Å². The van der Waals surface area contributed by atoms with Gasteiger partial charge in [0.05, 0.1) is 28.2 Å². The largest absolute Gasteiger partial charge is 0.375 e. The summed E-state index contributed by atoms with van der Waals surface area (Å²) < 4.78 is 0. The summed E-state index contributed by atoms with van der Waals surface area (Å²) in [5.41, 5.74) is 7.09. The molecule has 0 bridgehead atoms. The Morgan fingerprint density at radius 1 is 1.45 bits per heavy atom. The molecule has 0 saturated carbocycles. The van der Waals surface area contributed by atoms with Crippen molar-refractivity contribution in [2.24, 2.45) is 0 Å². The summed E-state index contributed by atoms with van der Waals surface area (Å²) in [7, 11) is 0. The van der Waals surface area contributed by atoms with Gasteiger partial charge in [0.15, 0.2) is 5.13 Å². The standard InChI is InChI=1S/C13H13Cl2N3OS/c1-7(8-2-3-10(14)11(15)4-8)17-12(19)5-9-6-20-13(16)18-9/h2-4,6-7H,5H2,1H3,(H2,16,18)(H,17,19). The molecule has 0 fully saturated rings. The average molecular weight is 330 g/mol. The molecule has 4 nitrogen and oxygen atoms in total. The van der Waals surface area contributed by atoms with Crippen LogP contribution in [0, 0.1) is 0 Å². The Morgan fingerprint density at radius 2 is 2.20 bits per heavy atom. The number of anilines is 1. The van der Waals surface area contributed by atoms with Gasteiger partial charge < -0.3 is 11.1 Å². The van der Waals surface area contributed by atoms with Crippen molar-refractivity contribution in [2.45, 2.75) is 19.4 Å². The monoisotopic (exact) mass is 329 g/mol. The summed E-state index contributed by atoms with van der Waals surface area (Å²) in [6, 6.07) is 5.13. The molecule has 3 N–H and O–H groups in total. The van der Waals surface area contributed by atoms with Gasteiger partial charge in [-0.2, -0.15) is 0 Å². The summed E-state index contributed by atoms with van der Waals surface area (Å²) >= 11 is 13.1. The SMILES string of the molecule is CC(NC(=O)Cc1csc(N)n1)c1ccc(Cl)c(Cl)c1. The Hall–Kier alpha value is -1.30. The van der Waals surface area contributed by atoms with Gasteiger partial charge in [0.1, 0.15) is 0 Å². The normalized spacial score (nSPS) is 12.2. The minimum absolute atomic E-state index is 0.117. The number of thiazole rings is 1. The molecule has 0 spiro atoms. The lowest BCUT2D eigenvalue weighted by molar-refractivity contribution is -0.121. The lowest BCUT2D eigenvalue weighted by Crippen LogP contribution is -2.28. The molecular formula is C13H13Cl2N3OS. The van der Waals surface area contributed by atoms with Crippen molar-refractivity contribution in [3.8, 4) is 0 Å². The van der Waals surface area contributed by atoms with Gasteiger partial charge in [-0.05, 0) is 24.6 Å². The Bertz CT molecular complexity index is 630. The van der Waals surface area contributed by atoms with Gasteiger partial charge in [-0.15, -0.1) is 11.3 Å². The zero-order chi connectivity index (χ0) is 14.7. The molecule has 0 radical (unpaired) electrons. The van der Waals surface area contributed by atoms with Crippen LogP contribution in [-0.2, 0) is 11.2 Å². The van der Waals surface area contributed by atoms with E-state index in [9.17, 15) is 4.79 Å². The molecule has 1 aromatic carbocycles. The molecule has 0 aliphatic rings. The van der Waals surface area contributed by atoms with Crippen molar-refractivity contribution >= 4 is 45.6 Å². The molecule has 7 heteroatoms. The van der Waals surface area contributed by atoms with Crippen molar-refractivity contribution in [1.29, 1.82) is 0 Å². The summed E-state index contributed by atoms with van der Waals surface area (Å²) in [5, 5.41) is 6.09. The van der Waals surface area contributed by atoms with E-state index in [1.807, 2.05) is 13.0 Å². The second-order valence-electron chi connectivity index (χ2n) is 4.32. The van der Waals surface area contributed by atoms with Crippen LogP contribution in [0.5, 0.6) is 0 Å². The Kier molecular flexibility index (Phi) is 4.86. The minimum Gasteiger partial charge on any atom is -0.375 e. The third-order valence-electron chi connectivity index (χ3n) is 2.73. The van der Waals surface area contributed by atoms with E-state index in [4.69, 9.17) is 28.9 Å². The van der Waals surface area contributed by atoms with Gasteiger partial charge in [-0.25, -0.2) is 4.98 Å². The highest BCUT2D eigenvalue weighted by Crippen LogP contribution is 2.25. The fraction of sp³-hybridized carbons (Fsp3) is 0.231. The molecular weight excluding hydrogens is 317 g/mol. The number of nitrogens with zero attached hydrogens (tertiary/aromatic N) is 1. The van der Waals surface area contributed by atoms with Gasteiger partial charge in [-0.1, -0.05) is 29.3 Å². The number of nitrogen functional groups attached to an aromatic ring is 1. The molecule has 1 atom stereocenters. The molecule has 20 heavy (non-hydrogen) atoms. The molecule has 0 aliphatic heterocycles. The summed E-state index contributed by atoms with van der Waals surface area (Å²) in [6.07, 6.45) is 0.208. The number of halogens is 2. The number of hydrogen-bond acceptors (Lipinski definition) is 4. The van der Waals surface area contributed by atoms with Crippen LogP contribution >= 0.6 is 34.5 Å². The van der Waals surface area contributed by atoms with Crippen LogP contribution < -0.4 is 11.1 Å². The van der Waals surface area contributed by atoms with Crippen molar-refractivity contribution in [3.05, 3.63) is 44.9 Å². The Morgan fingerprint density at radius 3 is 2.80 bits per heavy atom. The molecule has 1 aromatic heterocycles. The Balaban J connectivity index is 1.98. The van der Waals surface area contributed by atoms with E-state index in [2.05, 4.69) is 10.3 Å². The van der Waals surface area contributed by atoms with E-state index in [1.165, 1.54) is 11.3 Å². The highest BCUT2D eigenvalue weighted by Gasteiger charge is 2.12. The Labute approximate surface area is 130 Å². The number of carbonyl (C=O) groups is 1. The quantitative estimate of drug-likeness (QED) is 0.902. The second kappa shape index (κ2) is 6.43. The maximum Gasteiger partial charge on any atom is 0.226 e. The molecule has 0 aliphatic carbocycles. The van der Waals surface area contributed by atoms with Gasteiger partial charge in [-0.3, -0.25) is 4.79 Å². The second-order valence-corrected chi connectivity index (χ2v) is 6.02. The highest BCUT2D eigenvalue weighted by molar-refractivity contribution is 7.13. The first-order valence-electron chi connectivity index (χ1n) is 5.90. The third-order valence-corrected chi connectivity index (χ3v) is 4.19. The zero-order valence-corrected chi connectivity index (χ0v) is 13.0. The molecule has 0 saturated heterocycles. The summed E-state index contributed by atoms with van der Waals surface area (Å²) in [6.45, 7) is 1.88. The van der Waals surface area contributed by atoms with Gasteiger partial charge in [0, 0.05) is 5.38 Å². The van der Waals surface area contributed by atoms with Crippen LogP contribution in [0.4, 0.5) is 5.13 Å². The number of nitrogens with two attached hydrogens (primary N) is 1. The van der Waals surface area contributed by atoms with E-state index in [0.717, 1.165) is 5.56 Å². The number of hydrogen-bond donors (Lipinski definition) is 2. The van der Waals surface area contributed by atoms with Crippen LogP contribution in [0.3, 0.4) is 0 Å². The van der Waals surface area contributed by atoms with Gasteiger partial charge in [0.25, 0.3) is 0 Å². The molecule has 2 rings (SSSR count). The van der Waals surface area contributed by atoms with Crippen LogP contribution in [0.2, 0.25) is 10.0 Å². The van der Waals surface area contributed by atoms with E-state index < -0.39 is 0 Å². The predicted octanol–water partition coefficient (Wildman–Crippen LogP) is 3.45. The topological polar surface area (TPSA) is 68.0 Å². The van der Waals surface area contributed by atoms with E-state index in [1.54, 1.807) is 17.5 Å². The average Bonchev–Trinajstić information content (AvgIpc) is 2.77. The molecule has 2 aromatic rings. The zero-order valence-electron chi connectivity index (χ0n) is 10.7. The smallest absolute Gasteiger partial charge is 0.226 e.